The molecule has 0 aromatic carbocycles. The van der Waals surface area contributed by atoms with Gasteiger partial charge in [0.1, 0.15) is 5.01 Å². The van der Waals surface area contributed by atoms with Crippen molar-refractivity contribution in [2.45, 2.75) is 65.0 Å². The number of aryl methyl sites for hydroxylation is 1. The molecule has 0 saturated heterocycles. The second-order valence-corrected chi connectivity index (χ2v) is 6.73. The predicted molar refractivity (Wildman–Crippen MR) is 74.4 cm³/mol. The average molecular weight is 252 g/mol. The number of nitrogens with one attached hydrogen (secondary N) is 1. The molecule has 2 unspecified atom stereocenters. The van der Waals surface area contributed by atoms with E-state index in [0.29, 0.717) is 6.04 Å². The zero-order valence-corrected chi connectivity index (χ0v) is 12.2. The highest BCUT2D eigenvalue weighted by atomic mass is 32.1. The minimum Gasteiger partial charge on any atom is -0.303 e. The van der Waals surface area contributed by atoms with E-state index < -0.39 is 0 Å². The molecule has 0 aliphatic heterocycles. The van der Waals surface area contributed by atoms with Gasteiger partial charge in [-0.05, 0) is 39.5 Å². The van der Waals surface area contributed by atoms with Crippen LogP contribution in [0, 0.1) is 12.8 Å². The van der Waals surface area contributed by atoms with Crippen molar-refractivity contribution in [3.63, 3.8) is 0 Å². The fourth-order valence-corrected chi connectivity index (χ4v) is 4.07. The van der Waals surface area contributed by atoms with Crippen LogP contribution < -0.4 is 5.32 Å². The van der Waals surface area contributed by atoms with Gasteiger partial charge >= 0.3 is 0 Å². The lowest BCUT2D eigenvalue weighted by Gasteiger charge is -2.41. The van der Waals surface area contributed by atoms with Gasteiger partial charge < -0.3 is 5.32 Å². The molecule has 0 spiro atoms. The zero-order valence-electron chi connectivity index (χ0n) is 11.4. The van der Waals surface area contributed by atoms with Crippen LogP contribution in [0.4, 0.5) is 0 Å². The Labute approximate surface area is 109 Å². The van der Waals surface area contributed by atoms with Crippen molar-refractivity contribution in [1.29, 1.82) is 0 Å². The third kappa shape index (κ3) is 2.89. The molecule has 1 heterocycles. The lowest BCUT2D eigenvalue weighted by molar-refractivity contribution is 0.174. The number of hydrogen-bond acceptors (Lipinski definition) is 3. The van der Waals surface area contributed by atoms with Crippen molar-refractivity contribution in [3.8, 4) is 0 Å². The fraction of sp³-hybridized carbons (Fsp3) is 0.786. The Hall–Kier alpha value is -0.410. The number of thiazole rings is 1. The second kappa shape index (κ2) is 5.07. The van der Waals surface area contributed by atoms with Gasteiger partial charge in [0.25, 0.3) is 0 Å². The van der Waals surface area contributed by atoms with E-state index in [1.807, 2.05) is 11.3 Å². The van der Waals surface area contributed by atoms with Gasteiger partial charge in [-0.1, -0.05) is 19.8 Å². The average Bonchev–Trinajstić information content (AvgIpc) is 2.64. The predicted octanol–water partition coefficient (Wildman–Crippen LogP) is 3.85. The van der Waals surface area contributed by atoms with Crippen LogP contribution in [-0.4, -0.2) is 11.0 Å². The zero-order chi connectivity index (χ0) is 12.5. The van der Waals surface area contributed by atoms with E-state index in [1.165, 1.54) is 30.7 Å². The molecule has 0 radical (unpaired) electrons. The SMILES string of the molecule is Cc1csc(C2(NC(C)C)CCCC(C)C2)n1. The summed E-state index contributed by atoms with van der Waals surface area (Å²) in [6, 6.07) is 0.518. The van der Waals surface area contributed by atoms with Crippen molar-refractivity contribution in [1.82, 2.24) is 10.3 Å². The lowest BCUT2D eigenvalue weighted by Crippen LogP contribution is -2.48. The molecule has 2 atom stereocenters. The Bertz CT molecular complexity index is 368. The Morgan fingerprint density at radius 2 is 2.29 bits per heavy atom. The summed E-state index contributed by atoms with van der Waals surface area (Å²) in [5, 5.41) is 7.28. The van der Waals surface area contributed by atoms with Gasteiger partial charge in [-0.25, -0.2) is 4.98 Å². The number of nitrogens with zero attached hydrogens (tertiary/aromatic N) is 1. The quantitative estimate of drug-likeness (QED) is 0.883. The molecule has 2 rings (SSSR count). The van der Waals surface area contributed by atoms with Gasteiger partial charge in [0.15, 0.2) is 0 Å². The molecule has 1 aromatic rings. The smallest absolute Gasteiger partial charge is 0.113 e. The Morgan fingerprint density at radius 1 is 1.53 bits per heavy atom. The first-order valence-electron chi connectivity index (χ1n) is 6.72. The Balaban J connectivity index is 2.29. The largest absolute Gasteiger partial charge is 0.303 e. The number of aromatic nitrogens is 1. The van der Waals surface area contributed by atoms with Crippen molar-refractivity contribution in [2.24, 2.45) is 5.92 Å². The first kappa shape index (κ1) is 13.0. The normalized spacial score (nSPS) is 29.8. The van der Waals surface area contributed by atoms with Crippen molar-refractivity contribution in [3.05, 3.63) is 16.1 Å². The third-order valence-electron chi connectivity index (χ3n) is 3.59. The summed E-state index contributed by atoms with van der Waals surface area (Å²) in [5.41, 5.74) is 1.30. The molecule has 0 bridgehead atoms. The van der Waals surface area contributed by atoms with Crippen LogP contribution >= 0.6 is 11.3 Å². The molecule has 1 fully saturated rings. The van der Waals surface area contributed by atoms with Gasteiger partial charge in [0.05, 0.1) is 5.54 Å². The minimum absolute atomic E-state index is 0.144. The van der Waals surface area contributed by atoms with Crippen molar-refractivity contribution < 1.29 is 0 Å². The van der Waals surface area contributed by atoms with Gasteiger partial charge in [0.2, 0.25) is 0 Å². The highest BCUT2D eigenvalue weighted by molar-refractivity contribution is 7.09. The molecule has 1 saturated carbocycles. The molecule has 1 N–H and O–H groups in total. The topological polar surface area (TPSA) is 24.9 Å². The van der Waals surface area contributed by atoms with E-state index in [2.05, 4.69) is 38.4 Å². The van der Waals surface area contributed by atoms with E-state index in [4.69, 9.17) is 4.98 Å². The summed E-state index contributed by atoms with van der Waals surface area (Å²) in [6.07, 6.45) is 5.16. The molecule has 17 heavy (non-hydrogen) atoms. The first-order chi connectivity index (χ1) is 8.02. The maximum Gasteiger partial charge on any atom is 0.113 e. The fourth-order valence-electron chi connectivity index (χ4n) is 3.06. The first-order valence-corrected chi connectivity index (χ1v) is 7.60. The summed E-state index contributed by atoms with van der Waals surface area (Å²) in [7, 11) is 0. The highest BCUT2D eigenvalue weighted by Gasteiger charge is 2.39. The van der Waals surface area contributed by atoms with E-state index in [-0.39, 0.29) is 5.54 Å². The van der Waals surface area contributed by atoms with E-state index >= 15 is 0 Å². The Morgan fingerprint density at radius 3 is 2.82 bits per heavy atom. The van der Waals surface area contributed by atoms with Crippen LogP contribution in [0.15, 0.2) is 5.38 Å². The highest BCUT2D eigenvalue weighted by Crippen LogP contribution is 2.41. The van der Waals surface area contributed by atoms with Crippen LogP contribution in [0.5, 0.6) is 0 Å². The second-order valence-electron chi connectivity index (χ2n) is 5.88. The van der Waals surface area contributed by atoms with Crippen LogP contribution in [0.3, 0.4) is 0 Å². The standard InChI is InChI=1S/C14H24N2S/c1-10(2)16-14(7-5-6-11(3)8-14)13-15-12(4)9-17-13/h9-11,16H,5-8H2,1-4H3. The molecule has 1 aliphatic carbocycles. The number of hydrogen-bond donors (Lipinski definition) is 1. The summed E-state index contributed by atoms with van der Waals surface area (Å²) < 4.78 is 0. The van der Waals surface area contributed by atoms with Gasteiger partial charge in [-0.15, -0.1) is 11.3 Å². The minimum atomic E-state index is 0.144. The maximum atomic E-state index is 4.75. The summed E-state index contributed by atoms with van der Waals surface area (Å²) in [5.74, 6) is 0.805. The van der Waals surface area contributed by atoms with E-state index in [0.717, 1.165) is 11.6 Å². The monoisotopic (exact) mass is 252 g/mol. The molecule has 96 valence electrons. The third-order valence-corrected chi connectivity index (χ3v) is 4.76. The Kier molecular flexibility index (Phi) is 3.88. The molecule has 0 amide bonds. The molecule has 1 aliphatic rings. The molecule has 2 nitrogen and oxygen atoms in total. The van der Waals surface area contributed by atoms with Crippen LogP contribution in [0.2, 0.25) is 0 Å². The van der Waals surface area contributed by atoms with E-state index in [9.17, 15) is 0 Å². The van der Waals surface area contributed by atoms with Crippen LogP contribution in [-0.2, 0) is 5.54 Å². The molecular formula is C14H24N2S. The summed E-state index contributed by atoms with van der Waals surface area (Å²) in [4.78, 5) is 4.75. The van der Waals surface area contributed by atoms with E-state index in [1.54, 1.807) is 0 Å². The van der Waals surface area contributed by atoms with Crippen molar-refractivity contribution in [2.75, 3.05) is 0 Å². The maximum absolute atomic E-state index is 4.75. The summed E-state index contributed by atoms with van der Waals surface area (Å²) >= 11 is 1.83. The summed E-state index contributed by atoms with van der Waals surface area (Å²) in [6.45, 7) is 8.94. The van der Waals surface area contributed by atoms with Gasteiger partial charge in [-0.2, -0.15) is 0 Å². The molecular weight excluding hydrogens is 228 g/mol. The number of rotatable bonds is 3. The van der Waals surface area contributed by atoms with Gasteiger partial charge in [0, 0.05) is 17.1 Å². The molecule has 1 aromatic heterocycles. The van der Waals surface area contributed by atoms with Crippen molar-refractivity contribution >= 4 is 11.3 Å². The lowest BCUT2D eigenvalue weighted by atomic mass is 9.76. The van der Waals surface area contributed by atoms with Gasteiger partial charge in [-0.3, -0.25) is 0 Å². The molecule has 3 heteroatoms. The van der Waals surface area contributed by atoms with Crippen LogP contribution in [0.1, 0.15) is 57.2 Å². The van der Waals surface area contributed by atoms with Crippen LogP contribution in [0.25, 0.3) is 0 Å².